The summed E-state index contributed by atoms with van der Waals surface area (Å²) < 4.78 is 38.6. The Morgan fingerprint density at radius 2 is 1.93 bits per heavy atom. The number of urea groups is 1. The zero-order valence-electron chi connectivity index (χ0n) is 15.1. The molecule has 1 aromatic rings. The average molecular weight is 384 g/mol. The third-order valence-corrected chi connectivity index (χ3v) is 5.03. The van der Waals surface area contributed by atoms with Crippen LogP contribution in [0.1, 0.15) is 18.9 Å². The number of nitrogens with zero attached hydrogens (tertiary/aromatic N) is 3. The van der Waals surface area contributed by atoms with Crippen molar-refractivity contribution >= 4 is 17.6 Å². The molecule has 3 rings (SSSR count). The van der Waals surface area contributed by atoms with E-state index in [-0.39, 0.29) is 18.0 Å². The molecule has 9 heteroatoms. The van der Waals surface area contributed by atoms with E-state index in [1.807, 2.05) is 11.8 Å². The number of rotatable bonds is 3. The largest absolute Gasteiger partial charge is 0.416 e. The molecule has 0 radical (unpaired) electrons. The van der Waals surface area contributed by atoms with Crippen LogP contribution in [0.3, 0.4) is 0 Å². The molecule has 0 unspecified atom stereocenters. The fourth-order valence-corrected chi connectivity index (χ4v) is 3.49. The third kappa shape index (κ3) is 4.45. The Balaban J connectivity index is 1.53. The molecule has 0 bridgehead atoms. The van der Waals surface area contributed by atoms with E-state index in [2.05, 4.69) is 5.32 Å². The van der Waals surface area contributed by atoms with E-state index in [9.17, 15) is 22.8 Å². The Kier molecular flexibility index (Phi) is 5.48. The van der Waals surface area contributed by atoms with Crippen molar-refractivity contribution in [3.05, 3.63) is 29.8 Å². The molecular weight excluding hydrogens is 361 g/mol. The summed E-state index contributed by atoms with van der Waals surface area (Å²) in [5, 5.41) is 2.88. The first-order valence-electron chi connectivity index (χ1n) is 9.03. The van der Waals surface area contributed by atoms with Crippen LogP contribution in [0.15, 0.2) is 24.3 Å². The maximum Gasteiger partial charge on any atom is 0.416 e. The molecular formula is C18H23F3N4O2. The first-order valence-corrected chi connectivity index (χ1v) is 9.03. The van der Waals surface area contributed by atoms with E-state index in [4.69, 9.17) is 0 Å². The number of alkyl halides is 3. The topological polar surface area (TPSA) is 55.9 Å². The van der Waals surface area contributed by atoms with Crippen molar-refractivity contribution in [3.8, 4) is 0 Å². The van der Waals surface area contributed by atoms with Crippen LogP contribution in [0.25, 0.3) is 0 Å². The van der Waals surface area contributed by atoms with E-state index in [0.29, 0.717) is 51.4 Å². The smallest absolute Gasteiger partial charge is 0.368 e. The number of amides is 3. The van der Waals surface area contributed by atoms with Gasteiger partial charge in [0.15, 0.2) is 0 Å². The number of benzene rings is 1. The van der Waals surface area contributed by atoms with Gasteiger partial charge >= 0.3 is 12.2 Å². The summed E-state index contributed by atoms with van der Waals surface area (Å²) in [6.45, 7) is 4.79. The summed E-state index contributed by atoms with van der Waals surface area (Å²) >= 11 is 0. The van der Waals surface area contributed by atoms with Crippen LogP contribution >= 0.6 is 0 Å². The number of carbonyl (C=O) groups is 2. The highest BCUT2D eigenvalue weighted by atomic mass is 19.4. The predicted molar refractivity (Wildman–Crippen MR) is 94.4 cm³/mol. The summed E-state index contributed by atoms with van der Waals surface area (Å²) in [6, 6.07) is 4.82. The van der Waals surface area contributed by atoms with Crippen LogP contribution in [-0.2, 0) is 11.0 Å². The summed E-state index contributed by atoms with van der Waals surface area (Å²) in [7, 11) is 0. The molecule has 0 aromatic heterocycles. The number of halogens is 3. The van der Waals surface area contributed by atoms with Gasteiger partial charge in [-0.05, 0) is 25.1 Å². The van der Waals surface area contributed by atoms with Crippen molar-refractivity contribution < 1.29 is 22.8 Å². The van der Waals surface area contributed by atoms with E-state index < -0.39 is 11.7 Å². The van der Waals surface area contributed by atoms with Gasteiger partial charge in [0.1, 0.15) is 0 Å². The van der Waals surface area contributed by atoms with Crippen LogP contribution < -0.4 is 10.2 Å². The number of piperazine rings is 1. The number of nitrogens with one attached hydrogen (secondary N) is 1. The van der Waals surface area contributed by atoms with Crippen LogP contribution in [0.2, 0.25) is 0 Å². The molecule has 1 aromatic carbocycles. The summed E-state index contributed by atoms with van der Waals surface area (Å²) in [5.74, 6) is 0.0390. The van der Waals surface area contributed by atoms with Crippen molar-refractivity contribution in [1.82, 2.24) is 15.1 Å². The van der Waals surface area contributed by atoms with Gasteiger partial charge in [0, 0.05) is 51.4 Å². The Hall–Kier alpha value is -2.45. The quantitative estimate of drug-likeness (QED) is 0.869. The Bertz CT molecular complexity index is 702. The van der Waals surface area contributed by atoms with Gasteiger partial charge in [0.2, 0.25) is 5.91 Å². The molecule has 2 aliphatic rings. The first kappa shape index (κ1) is 19.3. The van der Waals surface area contributed by atoms with E-state index in [0.717, 1.165) is 12.1 Å². The molecule has 0 saturated carbocycles. The highest BCUT2D eigenvalue weighted by molar-refractivity contribution is 5.81. The average Bonchev–Trinajstić information content (AvgIpc) is 3.00. The van der Waals surface area contributed by atoms with Gasteiger partial charge in [-0.3, -0.25) is 4.79 Å². The lowest BCUT2D eigenvalue weighted by atomic mass is 10.1. The summed E-state index contributed by atoms with van der Waals surface area (Å²) in [5.41, 5.74) is -0.170. The van der Waals surface area contributed by atoms with Gasteiger partial charge in [-0.2, -0.15) is 13.2 Å². The number of likely N-dealkylation sites (N-methyl/N-ethyl adjacent to an activating group) is 1. The number of hydrogen-bond acceptors (Lipinski definition) is 3. The SMILES string of the molecule is CCN1C[C@H](NC(=O)N2CCN(c3cccc(C(F)(F)F)c3)CC2)CC1=O. The molecule has 0 aliphatic carbocycles. The summed E-state index contributed by atoms with van der Waals surface area (Å²) in [4.78, 5) is 29.3. The monoisotopic (exact) mass is 384 g/mol. The van der Waals surface area contributed by atoms with Crippen molar-refractivity contribution in [3.63, 3.8) is 0 Å². The highest BCUT2D eigenvalue weighted by Crippen LogP contribution is 2.31. The van der Waals surface area contributed by atoms with Crippen LogP contribution in [0.4, 0.5) is 23.7 Å². The van der Waals surface area contributed by atoms with E-state index >= 15 is 0 Å². The van der Waals surface area contributed by atoms with Crippen LogP contribution in [0, 0.1) is 0 Å². The molecule has 2 saturated heterocycles. The van der Waals surface area contributed by atoms with Crippen molar-refractivity contribution in [2.24, 2.45) is 0 Å². The van der Waals surface area contributed by atoms with Gasteiger partial charge in [-0.15, -0.1) is 0 Å². The van der Waals surface area contributed by atoms with Crippen molar-refractivity contribution in [1.29, 1.82) is 0 Å². The van der Waals surface area contributed by atoms with Crippen LogP contribution in [-0.4, -0.2) is 67.0 Å². The second-order valence-corrected chi connectivity index (χ2v) is 6.81. The van der Waals surface area contributed by atoms with Gasteiger partial charge in [0.25, 0.3) is 0 Å². The molecule has 148 valence electrons. The Labute approximate surface area is 155 Å². The minimum Gasteiger partial charge on any atom is -0.368 e. The van der Waals surface area contributed by atoms with Gasteiger partial charge in [-0.1, -0.05) is 6.07 Å². The first-order chi connectivity index (χ1) is 12.8. The summed E-state index contributed by atoms with van der Waals surface area (Å²) in [6.07, 6.45) is -4.06. The fourth-order valence-electron chi connectivity index (χ4n) is 3.49. The minimum atomic E-state index is -4.37. The standard InChI is InChI=1S/C18H23F3N4O2/c1-2-23-12-14(11-16(23)26)22-17(27)25-8-6-24(7-9-25)15-5-3-4-13(10-15)18(19,20)21/h3-5,10,14H,2,6-9,11-12H2,1H3,(H,22,27)/t14-/m1/s1. The minimum absolute atomic E-state index is 0.0390. The lowest BCUT2D eigenvalue weighted by Crippen LogP contribution is -2.53. The predicted octanol–water partition coefficient (Wildman–Crippen LogP) is 2.16. The lowest BCUT2D eigenvalue weighted by Gasteiger charge is -2.36. The zero-order chi connectivity index (χ0) is 19.6. The Morgan fingerprint density at radius 3 is 2.52 bits per heavy atom. The third-order valence-electron chi connectivity index (χ3n) is 5.03. The normalized spacial score (nSPS) is 21.0. The second-order valence-electron chi connectivity index (χ2n) is 6.81. The molecule has 6 nitrogen and oxygen atoms in total. The lowest BCUT2D eigenvalue weighted by molar-refractivity contribution is -0.137. The molecule has 1 atom stereocenters. The molecule has 0 spiro atoms. The molecule has 1 N–H and O–H groups in total. The van der Waals surface area contributed by atoms with Gasteiger partial charge in [-0.25, -0.2) is 4.79 Å². The number of hydrogen-bond donors (Lipinski definition) is 1. The molecule has 3 amide bonds. The molecule has 2 fully saturated rings. The number of likely N-dealkylation sites (tertiary alicyclic amines) is 1. The van der Waals surface area contributed by atoms with E-state index in [1.165, 1.54) is 6.07 Å². The molecule has 2 heterocycles. The van der Waals surface area contributed by atoms with Crippen LogP contribution in [0.5, 0.6) is 0 Å². The maximum atomic E-state index is 12.9. The van der Waals surface area contributed by atoms with Gasteiger partial charge in [0.05, 0.1) is 11.6 Å². The van der Waals surface area contributed by atoms with Crippen molar-refractivity contribution in [2.45, 2.75) is 25.6 Å². The highest BCUT2D eigenvalue weighted by Gasteiger charge is 2.33. The Morgan fingerprint density at radius 1 is 1.22 bits per heavy atom. The zero-order valence-corrected chi connectivity index (χ0v) is 15.1. The molecule has 2 aliphatic heterocycles. The van der Waals surface area contributed by atoms with Gasteiger partial charge < -0.3 is 20.0 Å². The second kappa shape index (κ2) is 7.66. The fraction of sp³-hybridized carbons (Fsp3) is 0.556. The molecule has 27 heavy (non-hydrogen) atoms. The van der Waals surface area contributed by atoms with E-state index in [1.54, 1.807) is 15.9 Å². The number of carbonyl (C=O) groups excluding carboxylic acids is 2. The number of anilines is 1. The van der Waals surface area contributed by atoms with Crippen molar-refractivity contribution in [2.75, 3.05) is 44.2 Å². The maximum absolute atomic E-state index is 12.9.